The largest absolute Gasteiger partial charge is 0.385 e. The van der Waals surface area contributed by atoms with Crippen molar-refractivity contribution in [1.82, 2.24) is 0 Å². The Bertz CT molecular complexity index is 410. The molecule has 1 aliphatic carbocycles. The number of fused-ring (bicyclic) bond motifs is 1. The summed E-state index contributed by atoms with van der Waals surface area (Å²) in [6, 6.07) is 7.74. The molecule has 3 heteroatoms. The van der Waals surface area contributed by atoms with Crippen LogP contribution in [0.5, 0.6) is 0 Å². The average Bonchev–Trinajstić information content (AvgIpc) is 2.61. The molecule has 0 aliphatic heterocycles. The fourth-order valence-electron chi connectivity index (χ4n) is 2.21. The van der Waals surface area contributed by atoms with Crippen LogP contribution in [0.1, 0.15) is 42.1 Å². The number of carbonyl (C=O) groups excluding carboxylic acids is 2. The Labute approximate surface area is 115 Å². The van der Waals surface area contributed by atoms with E-state index in [1.807, 2.05) is 31.2 Å². The summed E-state index contributed by atoms with van der Waals surface area (Å²) in [6.07, 6.45) is 4.02. The highest BCUT2D eigenvalue weighted by molar-refractivity contribution is 6.00. The summed E-state index contributed by atoms with van der Waals surface area (Å²) in [6.45, 7) is 2.78. The number of ether oxygens (including phenoxy) is 1. The Morgan fingerprint density at radius 1 is 1.37 bits per heavy atom. The van der Waals surface area contributed by atoms with Crippen LogP contribution in [0.25, 0.3) is 0 Å². The predicted molar refractivity (Wildman–Crippen MR) is 75.4 cm³/mol. The van der Waals surface area contributed by atoms with Gasteiger partial charge in [-0.3, -0.25) is 4.79 Å². The van der Waals surface area contributed by atoms with E-state index in [4.69, 9.17) is 0 Å². The topological polar surface area (TPSA) is 43.4 Å². The van der Waals surface area contributed by atoms with Crippen molar-refractivity contribution in [3.8, 4) is 0 Å². The van der Waals surface area contributed by atoms with Crippen molar-refractivity contribution in [3.63, 3.8) is 0 Å². The number of rotatable bonds is 3. The normalized spacial score (nSPS) is 17.8. The zero-order valence-corrected chi connectivity index (χ0v) is 11.7. The summed E-state index contributed by atoms with van der Waals surface area (Å²) in [5, 5.41) is 0. The van der Waals surface area contributed by atoms with Gasteiger partial charge in [0.25, 0.3) is 0 Å². The fraction of sp³-hybridized carbons (Fsp3) is 0.500. The van der Waals surface area contributed by atoms with E-state index in [-0.39, 0.29) is 11.7 Å². The van der Waals surface area contributed by atoms with Gasteiger partial charge < -0.3 is 9.53 Å². The van der Waals surface area contributed by atoms with Gasteiger partial charge in [-0.05, 0) is 31.7 Å². The van der Waals surface area contributed by atoms with Crippen molar-refractivity contribution in [2.45, 2.75) is 32.6 Å². The van der Waals surface area contributed by atoms with Crippen LogP contribution in [0, 0.1) is 5.92 Å². The third kappa shape index (κ3) is 4.60. The van der Waals surface area contributed by atoms with E-state index in [9.17, 15) is 9.59 Å². The molecule has 1 aromatic rings. The van der Waals surface area contributed by atoms with Crippen molar-refractivity contribution in [1.29, 1.82) is 0 Å². The summed E-state index contributed by atoms with van der Waals surface area (Å²) in [5.74, 6) is 0.0568. The molecule has 0 bridgehead atoms. The molecule has 0 aromatic heterocycles. The molecular formula is C16H22O3. The number of Topliss-reactive ketones (excluding diaryl/α,β-unsaturated/α-hetero) is 1. The number of benzene rings is 1. The van der Waals surface area contributed by atoms with Gasteiger partial charge in [0, 0.05) is 31.6 Å². The quantitative estimate of drug-likeness (QED) is 0.621. The molecule has 0 fully saturated rings. The maximum atomic E-state index is 12.1. The van der Waals surface area contributed by atoms with Crippen molar-refractivity contribution < 1.29 is 14.3 Å². The van der Waals surface area contributed by atoms with E-state index in [0.717, 1.165) is 43.3 Å². The minimum Gasteiger partial charge on any atom is -0.385 e. The van der Waals surface area contributed by atoms with E-state index < -0.39 is 0 Å². The van der Waals surface area contributed by atoms with Gasteiger partial charge in [0.1, 0.15) is 6.29 Å². The first-order chi connectivity index (χ1) is 9.24. The van der Waals surface area contributed by atoms with E-state index in [2.05, 4.69) is 4.74 Å². The SMILES string of the molecule is CCOC.O=CCC1CCCc2ccccc2C1=O. The Morgan fingerprint density at radius 2 is 2.05 bits per heavy atom. The van der Waals surface area contributed by atoms with E-state index in [1.54, 1.807) is 7.11 Å². The van der Waals surface area contributed by atoms with Gasteiger partial charge in [0.2, 0.25) is 0 Å². The van der Waals surface area contributed by atoms with E-state index in [1.165, 1.54) is 0 Å². The smallest absolute Gasteiger partial charge is 0.166 e. The second-order valence-corrected chi connectivity index (χ2v) is 4.59. The van der Waals surface area contributed by atoms with Crippen LogP contribution in [0.4, 0.5) is 0 Å². The molecule has 2 rings (SSSR count). The number of methoxy groups -OCH3 is 1. The second-order valence-electron chi connectivity index (χ2n) is 4.59. The number of aryl methyl sites for hydroxylation is 1. The molecule has 1 aliphatic rings. The molecular weight excluding hydrogens is 240 g/mol. The minimum atomic E-state index is -0.0915. The lowest BCUT2D eigenvalue weighted by atomic mass is 9.93. The summed E-state index contributed by atoms with van der Waals surface area (Å²) < 4.78 is 4.54. The fourth-order valence-corrected chi connectivity index (χ4v) is 2.21. The Kier molecular flexibility index (Phi) is 7.04. The molecule has 0 N–H and O–H groups in total. The van der Waals surface area contributed by atoms with Gasteiger partial charge >= 0.3 is 0 Å². The van der Waals surface area contributed by atoms with Crippen LogP contribution in [0.15, 0.2) is 24.3 Å². The zero-order valence-electron chi connectivity index (χ0n) is 11.7. The summed E-state index contributed by atoms with van der Waals surface area (Å²) in [5.41, 5.74) is 1.96. The van der Waals surface area contributed by atoms with Gasteiger partial charge in [0.15, 0.2) is 5.78 Å². The number of ketones is 1. The molecule has 3 nitrogen and oxygen atoms in total. The molecule has 0 saturated carbocycles. The second kappa shape index (κ2) is 8.59. The first kappa shape index (κ1) is 15.6. The standard InChI is InChI=1S/C13H14O2.C3H8O/c14-9-8-11-6-3-5-10-4-1-2-7-12(10)13(11)15;1-3-4-2/h1-2,4,7,9,11H,3,5-6,8H2;3H2,1-2H3. The van der Waals surface area contributed by atoms with Gasteiger partial charge in [-0.15, -0.1) is 0 Å². The number of carbonyl (C=O) groups is 2. The third-order valence-corrected chi connectivity index (χ3v) is 3.32. The maximum absolute atomic E-state index is 12.1. The van der Waals surface area contributed by atoms with Crippen LogP contribution in [0.2, 0.25) is 0 Å². The first-order valence-corrected chi connectivity index (χ1v) is 6.79. The van der Waals surface area contributed by atoms with Gasteiger partial charge in [-0.25, -0.2) is 0 Å². The molecule has 0 spiro atoms. The summed E-state index contributed by atoms with van der Waals surface area (Å²) in [4.78, 5) is 22.6. The lowest BCUT2D eigenvalue weighted by molar-refractivity contribution is -0.108. The number of hydrogen-bond acceptors (Lipinski definition) is 3. The lowest BCUT2D eigenvalue weighted by Gasteiger charge is -2.09. The maximum Gasteiger partial charge on any atom is 0.166 e. The molecule has 104 valence electrons. The van der Waals surface area contributed by atoms with Crippen LogP contribution in [-0.2, 0) is 16.0 Å². The monoisotopic (exact) mass is 262 g/mol. The zero-order chi connectivity index (χ0) is 14.1. The highest BCUT2D eigenvalue weighted by Gasteiger charge is 2.24. The molecule has 1 aromatic carbocycles. The Morgan fingerprint density at radius 3 is 2.68 bits per heavy atom. The van der Waals surface area contributed by atoms with Crippen molar-refractivity contribution >= 4 is 12.1 Å². The number of aldehydes is 1. The average molecular weight is 262 g/mol. The lowest BCUT2D eigenvalue weighted by Crippen LogP contribution is -2.14. The first-order valence-electron chi connectivity index (χ1n) is 6.79. The highest BCUT2D eigenvalue weighted by atomic mass is 16.5. The molecule has 1 atom stereocenters. The Hall–Kier alpha value is -1.48. The predicted octanol–water partition coefficient (Wildman–Crippen LogP) is 3.06. The number of hydrogen-bond donors (Lipinski definition) is 0. The third-order valence-electron chi connectivity index (χ3n) is 3.32. The molecule has 0 heterocycles. The molecule has 0 amide bonds. The van der Waals surface area contributed by atoms with Gasteiger partial charge in [-0.2, -0.15) is 0 Å². The Balaban J connectivity index is 0.000000399. The van der Waals surface area contributed by atoms with E-state index in [0.29, 0.717) is 6.42 Å². The van der Waals surface area contributed by atoms with E-state index >= 15 is 0 Å². The molecule has 0 radical (unpaired) electrons. The van der Waals surface area contributed by atoms with Crippen LogP contribution < -0.4 is 0 Å². The van der Waals surface area contributed by atoms with Crippen molar-refractivity contribution in [2.75, 3.05) is 13.7 Å². The summed E-state index contributed by atoms with van der Waals surface area (Å²) in [7, 11) is 1.68. The minimum absolute atomic E-state index is 0.0915. The molecule has 19 heavy (non-hydrogen) atoms. The molecule has 1 unspecified atom stereocenters. The van der Waals surface area contributed by atoms with Crippen LogP contribution in [0.3, 0.4) is 0 Å². The van der Waals surface area contributed by atoms with Crippen LogP contribution in [-0.4, -0.2) is 25.8 Å². The van der Waals surface area contributed by atoms with Crippen LogP contribution >= 0.6 is 0 Å². The highest BCUT2D eigenvalue weighted by Crippen LogP contribution is 2.25. The van der Waals surface area contributed by atoms with Crippen molar-refractivity contribution in [3.05, 3.63) is 35.4 Å². The molecule has 0 saturated heterocycles. The van der Waals surface area contributed by atoms with Gasteiger partial charge in [0.05, 0.1) is 0 Å². The van der Waals surface area contributed by atoms with Gasteiger partial charge in [-0.1, -0.05) is 24.3 Å². The van der Waals surface area contributed by atoms with Crippen molar-refractivity contribution in [2.24, 2.45) is 5.92 Å². The summed E-state index contributed by atoms with van der Waals surface area (Å²) >= 11 is 0.